The van der Waals surface area contributed by atoms with Crippen molar-refractivity contribution in [2.45, 2.75) is 12.2 Å². The van der Waals surface area contributed by atoms with Crippen molar-refractivity contribution in [2.75, 3.05) is 14.2 Å². The van der Waals surface area contributed by atoms with Crippen LogP contribution in [0.25, 0.3) is 11.6 Å². The summed E-state index contributed by atoms with van der Waals surface area (Å²) in [5.74, 6) is -0.289. The Hall–Kier alpha value is -1.97. The number of fused-ring (bicyclic) bond motifs is 1. The first-order valence-corrected chi connectivity index (χ1v) is 6.86. The first-order valence-electron chi connectivity index (χ1n) is 6.86. The highest BCUT2D eigenvalue weighted by atomic mass is 19.1. The third kappa shape index (κ3) is 2.50. The third-order valence-corrected chi connectivity index (χ3v) is 3.87. The van der Waals surface area contributed by atoms with Crippen LogP contribution in [0.4, 0.5) is 4.39 Å². The molecule has 1 unspecified atom stereocenters. The van der Waals surface area contributed by atoms with Gasteiger partial charge in [0.05, 0.1) is 5.92 Å². The minimum absolute atomic E-state index is 0.0574. The van der Waals surface area contributed by atoms with E-state index in [4.69, 9.17) is 9.47 Å². The molecular formula is C18H17FO2. The van der Waals surface area contributed by atoms with Gasteiger partial charge in [-0.05, 0) is 40.5 Å². The molecule has 0 saturated carbocycles. The van der Waals surface area contributed by atoms with Crippen molar-refractivity contribution >= 4 is 11.6 Å². The van der Waals surface area contributed by atoms with Crippen LogP contribution in [0.1, 0.15) is 22.6 Å². The zero-order valence-electron chi connectivity index (χ0n) is 12.0. The standard InChI is InChI=1S/C18H17FO2/c1-20-18(21-2)17-15-9-8-14(19)10-13(15)11-16(17)12-6-4-3-5-7-12/h3-11,17-18H,1-2H3. The molecule has 2 aromatic rings. The predicted molar refractivity (Wildman–Crippen MR) is 81.3 cm³/mol. The van der Waals surface area contributed by atoms with Crippen LogP contribution in [-0.4, -0.2) is 20.5 Å². The van der Waals surface area contributed by atoms with Crippen molar-refractivity contribution in [2.24, 2.45) is 0 Å². The minimum Gasteiger partial charge on any atom is -0.355 e. The van der Waals surface area contributed by atoms with E-state index in [1.54, 1.807) is 20.3 Å². The van der Waals surface area contributed by atoms with E-state index in [2.05, 4.69) is 0 Å². The van der Waals surface area contributed by atoms with Gasteiger partial charge >= 0.3 is 0 Å². The number of hydrogen-bond donors (Lipinski definition) is 0. The van der Waals surface area contributed by atoms with Crippen LogP contribution < -0.4 is 0 Å². The van der Waals surface area contributed by atoms with Gasteiger partial charge in [0, 0.05) is 14.2 Å². The van der Waals surface area contributed by atoms with Crippen LogP contribution in [0.3, 0.4) is 0 Å². The van der Waals surface area contributed by atoms with Crippen LogP contribution in [0.5, 0.6) is 0 Å². The SMILES string of the molecule is COC(OC)C1C(c2ccccc2)=Cc2cc(F)ccc21. The van der Waals surface area contributed by atoms with Crippen molar-refractivity contribution in [1.82, 2.24) is 0 Å². The van der Waals surface area contributed by atoms with Gasteiger partial charge in [-0.1, -0.05) is 36.4 Å². The van der Waals surface area contributed by atoms with Crippen LogP contribution in [0, 0.1) is 5.82 Å². The molecule has 3 heteroatoms. The maximum Gasteiger partial charge on any atom is 0.167 e. The van der Waals surface area contributed by atoms with Gasteiger partial charge in [0.1, 0.15) is 5.82 Å². The summed E-state index contributed by atoms with van der Waals surface area (Å²) in [5, 5.41) is 0. The highest BCUT2D eigenvalue weighted by molar-refractivity contribution is 5.91. The van der Waals surface area contributed by atoms with Crippen molar-refractivity contribution in [3.05, 3.63) is 71.0 Å². The van der Waals surface area contributed by atoms with E-state index in [0.29, 0.717) is 0 Å². The van der Waals surface area contributed by atoms with Crippen LogP contribution >= 0.6 is 0 Å². The zero-order chi connectivity index (χ0) is 14.8. The summed E-state index contributed by atoms with van der Waals surface area (Å²) in [7, 11) is 3.25. The average Bonchev–Trinajstić information content (AvgIpc) is 2.88. The molecule has 1 aliphatic rings. The Balaban J connectivity index is 2.11. The third-order valence-electron chi connectivity index (χ3n) is 3.87. The summed E-state index contributed by atoms with van der Waals surface area (Å²) in [4.78, 5) is 0. The van der Waals surface area contributed by atoms with E-state index in [1.165, 1.54) is 6.07 Å². The molecule has 3 rings (SSSR count). The molecule has 1 aliphatic carbocycles. The second-order valence-electron chi connectivity index (χ2n) is 5.06. The Labute approximate surface area is 123 Å². The summed E-state index contributed by atoms with van der Waals surface area (Å²) in [6.07, 6.45) is 1.62. The molecule has 0 saturated heterocycles. The molecule has 0 fully saturated rings. The Morgan fingerprint density at radius 1 is 1.00 bits per heavy atom. The Morgan fingerprint density at radius 2 is 1.71 bits per heavy atom. The molecule has 2 aromatic carbocycles. The van der Waals surface area contributed by atoms with Gasteiger partial charge in [-0.15, -0.1) is 0 Å². The van der Waals surface area contributed by atoms with Gasteiger partial charge in [-0.3, -0.25) is 0 Å². The molecule has 2 nitrogen and oxygen atoms in total. The van der Waals surface area contributed by atoms with Crippen molar-refractivity contribution < 1.29 is 13.9 Å². The Bertz CT molecular complexity index is 660. The quantitative estimate of drug-likeness (QED) is 0.788. The zero-order valence-corrected chi connectivity index (χ0v) is 12.0. The van der Waals surface area contributed by atoms with Crippen LogP contribution in [0.2, 0.25) is 0 Å². The molecule has 0 aromatic heterocycles. The van der Waals surface area contributed by atoms with E-state index in [9.17, 15) is 4.39 Å². The molecule has 0 N–H and O–H groups in total. The molecule has 0 heterocycles. The second-order valence-corrected chi connectivity index (χ2v) is 5.06. The van der Waals surface area contributed by atoms with Crippen molar-refractivity contribution in [3.63, 3.8) is 0 Å². The number of benzene rings is 2. The molecule has 108 valence electrons. The highest BCUT2D eigenvalue weighted by Gasteiger charge is 2.33. The van der Waals surface area contributed by atoms with Crippen LogP contribution in [0.15, 0.2) is 48.5 Å². The van der Waals surface area contributed by atoms with E-state index in [1.807, 2.05) is 42.5 Å². The number of hydrogen-bond acceptors (Lipinski definition) is 2. The Kier molecular flexibility index (Phi) is 3.86. The molecule has 0 radical (unpaired) electrons. The first kappa shape index (κ1) is 14.0. The molecule has 21 heavy (non-hydrogen) atoms. The number of halogens is 1. The highest BCUT2D eigenvalue weighted by Crippen LogP contribution is 2.44. The van der Waals surface area contributed by atoms with Gasteiger partial charge in [-0.2, -0.15) is 0 Å². The Morgan fingerprint density at radius 3 is 2.38 bits per heavy atom. The summed E-state index contributed by atoms with van der Waals surface area (Å²) in [5.41, 5.74) is 4.10. The van der Waals surface area contributed by atoms with Gasteiger partial charge in [0.2, 0.25) is 0 Å². The number of rotatable bonds is 4. The minimum atomic E-state index is -0.400. The maximum absolute atomic E-state index is 13.5. The smallest absolute Gasteiger partial charge is 0.167 e. The lowest BCUT2D eigenvalue weighted by Crippen LogP contribution is -2.23. The summed E-state index contributed by atoms with van der Waals surface area (Å²) >= 11 is 0. The molecular weight excluding hydrogens is 267 g/mol. The fourth-order valence-electron chi connectivity index (χ4n) is 2.93. The lowest BCUT2D eigenvalue weighted by atomic mass is 9.90. The molecule has 0 spiro atoms. The fourth-order valence-corrected chi connectivity index (χ4v) is 2.93. The topological polar surface area (TPSA) is 18.5 Å². The largest absolute Gasteiger partial charge is 0.355 e. The normalized spacial score (nSPS) is 17.0. The van der Waals surface area contributed by atoms with Crippen molar-refractivity contribution in [3.8, 4) is 0 Å². The summed E-state index contributed by atoms with van der Waals surface area (Å²) < 4.78 is 24.4. The van der Waals surface area contributed by atoms with Gasteiger partial charge in [0.15, 0.2) is 6.29 Å². The predicted octanol–water partition coefficient (Wildman–Crippen LogP) is 4.08. The molecule has 0 aliphatic heterocycles. The molecule has 1 atom stereocenters. The summed E-state index contributed by atoms with van der Waals surface area (Å²) in [6, 6.07) is 14.9. The maximum atomic E-state index is 13.5. The van der Waals surface area contributed by atoms with E-state index >= 15 is 0 Å². The molecule has 0 bridgehead atoms. The number of ether oxygens (including phenoxy) is 2. The monoisotopic (exact) mass is 284 g/mol. The summed E-state index contributed by atoms with van der Waals surface area (Å²) in [6.45, 7) is 0. The van der Waals surface area contributed by atoms with Gasteiger partial charge < -0.3 is 9.47 Å². The van der Waals surface area contributed by atoms with Crippen molar-refractivity contribution in [1.29, 1.82) is 0 Å². The second kappa shape index (κ2) is 5.80. The van der Waals surface area contributed by atoms with Gasteiger partial charge in [-0.25, -0.2) is 4.39 Å². The lowest BCUT2D eigenvalue weighted by Gasteiger charge is -2.25. The number of methoxy groups -OCH3 is 2. The average molecular weight is 284 g/mol. The van der Waals surface area contributed by atoms with E-state index in [-0.39, 0.29) is 11.7 Å². The van der Waals surface area contributed by atoms with Gasteiger partial charge in [0.25, 0.3) is 0 Å². The lowest BCUT2D eigenvalue weighted by molar-refractivity contribution is -0.107. The van der Waals surface area contributed by atoms with E-state index < -0.39 is 6.29 Å². The first-order chi connectivity index (χ1) is 10.2. The fraction of sp³-hybridized carbons (Fsp3) is 0.222. The van der Waals surface area contributed by atoms with Crippen LogP contribution in [-0.2, 0) is 9.47 Å². The van der Waals surface area contributed by atoms with E-state index in [0.717, 1.165) is 22.3 Å². The molecule has 0 amide bonds.